The van der Waals surface area contributed by atoms with Gasteiger partial charge in [-0.05, 0) is 37.5 Å². The van der Waals surface area contributed by atoms with Crippen LogP contribution in [0.4, 0.5) is 0 Å². The molecule has 17 nitrogen and oxygen atoms in total. The third kappa shape index (κ3) is 70.9. The van der Waals surface area contributed by atoms with Crippen LogP contribution < -0.4 is 0 Å². The van der Waals surface area contributed by atoms with Crippen LogP contribution in [0.5, 0.6) is 0 Å². The van der Waals surface area contributed by atoms with Gasteiger partial charge in [-0.2, -0.15) is 0 Å². The molecular formula is C78H152O17P2. The number of carbonyl (C=O) groups excluding carboxylic acids is 4. The van der Waals surface area contributed by atoms with Gasteiger partial charge in [0.2, 0.25) is 0 Å². The SMILES string of the molecule is CCCCCCCCCCCCCCCCCCCCCC(=O)O[C@H](COC(=O)CCCCCCCCCCCCCCCCC(C)CC)COP(=O)(O)OC[C@@H](O)COP(=O)(O)OC[C@@H](COC(=O)CCCCCCCCC(C)C)OC(=O)CCCCCCCCCCCCC. The van der Waals surface area contributed by atoms with Crippen LogP contribution in [0.15, 0.2) is 0 Å². The highest BCUT2D eigenvalue weighted by molar-refractivity contribution is 7.47. The molecule has 0 saturated carbocycles. The zero-order valence-electron chi connectivity index (χ0n) is 63.4. The van der Waals surface area contributed by atoms with Crippen molar-refractivity contribution in [3.05, 3.63) is 0 Å². The van der Waals surface area contributed by atoms with Gasteiger partial charge in [-0.15, -0.1) is 0 Å². The first-order chi connectivity index (χ1) is 46.9. The molecule has 0 spiro atoms. The first kappa shape index (κ1) is 95.1. The number of unbranched alkanes of at least 4 members (excludes halogenated alkanes) is 46. The predicted octanol–water partition coefficient (Wildman–Crippen LogP) is 23.1. The summed E-state index contributed by atoms with van der Waals surface area (Å²) in [6.07, 6.45) is 58.4. The average molecular weight is 1420 g/mol. The fourth-order valence-corrected chi connectivity index (χ4v) is 13.6. The summed E-state index contributed by atoms with van der Waals surface area (Å²) in [5, 5.41) is 10.6. The maximum atomic E-state index is 13.1. The molecule has 576 valence electrons. The first-order valence-corrected chi connectivity index (χ1v) is 43.5. The number of carbonyl (C=O) groups is 4. The molecule has 3 N–H and O–H groups in total. The maximum Gasteiger partial charge on any atom is 0.472 e. The number of aliphatic hydroxyl groups is 1. The van der Waals surface area contributed by atoms with E-state index in [4.69, 9.17) is 37.0 Å². The molecule has 0 aromatic carbocycles. The van der Waals surface area contributed by atoms with Crippen LogP contribution >= 0.6 is 15.6 Å². The van der Waals surface area contributed by atoms with Gasteiger partial charge in [0.05, 0.1) is 26.4 Å². The van der Waals surface area contributed by atoms with E-state index in [0.717, 1.165) is 102 Å². The number of hydrogen-bond acceptors (Lipinski definition) is 15. The summed E-state index contributed by atoms with van der Waals surface area (Å²) in [5.74, 6) is -0.585. The minimum atomic E-state index is -4.96. The van der Waals surface area contributed by atoms with E-state index in [1.54, 1.807) is 0 Å². The van der Waals surface area contributed by atoms with Crippen molar-refractivity contribution in [2.45, 2.75) is 426 Å². The highest BCUT2D eigenvalue weighted by Gasteiger charge is 2.30. The summed E-state index contributed by atoms with van der Waals surface area (Å²) in [7, 11) is -9.91. The Kier molecular flexibility index (Phi) is 68.4. The minimum Gasteiger partial charge on any atom is -0.462 e. The quantitative estimate of drug-likeness (QED) is 0.0222. The highest BCUT2D eigenvalue weighted by Crippen LogP contribution is 2.45. The lowest BCUT2D eigenvalue weighted by Crippen LogP contribution is -2.30. The van der Waals surface area contributed by atoms with Crippen molar-refractivity contribution in [1.29, 1.82) is 0 Å². The minimum absolute atomic E-state index is 0.106. The molecule has 0 aromatic rings. The summed E-state index contributed by atoms with van der Waals surface area (Å²) in [6.45, 7) is 9.58. The maximum absolute atomic E-state index is 13.1. The lowest BCUT2D eigenvalue weighted by Gasteiger charge is -2.21. The smallest absolute Gasteiger partial charge is 0.462 e. The fraction of sp³-hybridized carbons (Fsp3) is 0.949. The Bertz CT molecular complexity index is 1870. The predicted molar refractivity (Wildman–Crippen MR) is 395 cm³/mol. The van der Waals surface area contributed by atoms with Gasteiger partial charge in [0.1, 0.15) is 19.3 Å². The second-order valence-corrected chi connectivity index (χ2v) is 31.7. The Labute approximate surface area is 594 Å². The van der Waals surface area contributed by atoms with Gasteiger partial charge < -0.3 is 33.8 Å². The van der Waals surface area contributed by atoms with Crippen LogP contribution in [-0.4, -0.2) is 96.7 Å². The second kappa shape index (κ2) is 69.8. The van der Waals surface area contributed by atoms with Crippen LogP contribution in [0, 0.1) is 11.8 Å². The number of esters is 4. The van der Waals surface area contributed by atoms with Crippen molar-refractivity contribution in [2.75, 3.05) is 39.6 Å². The van der Waals surface area contributed by atoms with Crippen LogP contribution in [0.25, 0.3) is 0 Å². The fourth-order valence-electron chi connectivity index (χ4n) is 12.0. The van der Waals surface area contributed by atoms with Crippen molar-refractivity contribution in [1.82, 2.24) is 0 Å². The van der Waals surface area contributed by atoms with E-state index in [-0.39, 0.29) is 25.7 Å². The molecule has 0 aliphatic carbocycles. The molecule has 0 radical (unpaired) electrons. The van der Waals surface area contributed by atoms with E-state index >= 15 is 0 Å². The standard InChI is InChI=1S/C78H152O17P2/c1-7-10-12-14-16-18-20-21-22-23-24-25-26-31-35-39-43-51-57-63-78(83)94-73(66-88-75(80)60-54-48-41-37-34-30-28-27-29-33-36-40-47-53-59-71(6)9-3)68-92-96(84,85)90-64-72(79)65-91-97(86,87)93-69-74(67-89-76(81)61-55-49-45-44-46-52-58-70(4)5)95-77(82)62-56-50-42-38-32-19-17-15-13-11-8-2/h70-74,79H,7-69H2,1-6H3,(H,84,85)(H,86,87)/t71?,72-,73-,74-/m1/s1. The molecule has 0 heterocycles. The molecule has 6 atom stereocenters. The zero-order chi connectivity index (χ0) is 71.4. The van der Waals surface area contributed by atoms with E-state index in [1.807, 2.05) is 0 Å². The van der Waals surface area contributed by atoms with E-state index in [9.17, 15) is 43.2 Å². The Morgan fingerprint density at radius 2 is 0.526 bits per heavy atom. The van der Waals surface area contributed by atoms with Gasteiger partial charge in [0, 0.05) is 25.7 Å². The van der Waals surface area contributed by atoms with Crippen LogP contribution in [0.2, 0.25) is 0 Å². The number of ether oxygens (including phenoxy) is 4. The summed E-state index contributed by atoms with van der Waals surface area (Å²) >= 11 is 0. The summed E-state index contributed by atoms with van der Waals surface area (Å²) < 4.78 is 68.5. The molecule has 0 saturated heterocycles. The number of phosphoric acid groups is 2. The molecule has 0 fully saturated rings. The van der Waals surface area contributed by atoms with Gasteiger partial charge in [-0.3, -0.25) is 37.3 Å². The molecule has 0 rings (SSSR count). The van der Waals surface area contributed by atoms with Gasteiger partial charge in [0.15, 0.2) is 12.2 Å². The molecule has 0 aromatic heterocycles. The topological polar surface area (TPSA) is 237 Å². The van der Waals surface area contributed by atoms with Crippen molar-refractivity contribution in [3.63, 3.8) is 0 Å². The lowest BCUT2D eigenvalue weighted by molar-refractivity contribution is -0.161. The van der Waals surface area contributed by atoms with E-state index in [1.165, 1.54) is 218 Å². The third-order valence-electron chi connectivity index (χ3n) is 18.6. The number of phosphoric ester groups is 2. The molecule has 19 heteroatoms. The Morgan fingerprint density at radius 1 is 0.299 bits per heavy atom. The van der Waals surface area contributed by atoms with Gasteiger partial charge in [-0.25, -0.2) is 9.13 Å². The zero-order valence-corrected chi connectivity index (χ0v) is 65.2. The van der Waals surface area contributed by atoms with E-state index < -0.39 is 97.5 Å². The molecule has 0 bridgehead atoms. The normalized spacial score (nSPS) is 14.2. The monoisotopic (exact) mass is 1420 g/mol. The van der Waals surface area contributed by atoms with Crippen molar-refractivity contribution < 1.29 is 80.2 Å². The second-order valence-electron chi connectivity index (χ2n) is 28.8. The number of rotatable bonds is 77. The largest absolute Gasteiger partial charge is 0.472 e. The Morgan fingerprint density at radius 3 is 0.784 bits per heavy atom. The molecule has 97 heavy (non-hydrogen) atoms. The van der Waals surface area contributed by atoms with Crippen LogP contribution in [-0.2, 0) is 65.4 Å². The summed E-state index contributed by atoms with van der Waals surface area (Å²) in [4.78, 5) is 72.8. The molecule has 0 aliphatic heterocycles. The van der Waals surface area contributed by atoms with Crippen LogP contribution in [0.1, 0.15) is 408 Å². The van der Waals surface area contributed by atoms with Crippen molar-refractivity contribution in [3.8, 4) is 0 Å². The highest BCUT2D eigenvalue weighted by atomic mass is 31.2. The molecule has 3 unspecified atom stereocenters. The van der Waals surface area contributed by atoms with E-state index in [2.05, 4.69) is 41.5 Å². The third-order valence-corrected chi connectivity index (χ3v) is 20.5. The Hall–Kier alpha value is -1.94. The lowest BCUT2D eigenvalue weighted by atomic mass is 9.99. The first-order valence-electron chi connectivity index (χ1n) is 40.5. The summed E-state index contributed by atoms with van der Waals surface area (Å²) in [5.41, 5.74) is 0. The van der Waals surface area contributed by atoms with Crippen molar-refractivity contribution in [2.24, 2.45) is 11.8 Å². The van der Waals surface area contributed by atoms with Gasteiger partial charge in [0.25, 0.3) is 0 Å². The van der Waals surface area contributed by atoms with E-state index in [0.29, 0.717) is 31.6 Å². The number of hydrogen-bond donors (Lipinski definition) is 3. The number of aliphatic hydroxyl groups excluding tert-OH is 1. The van der Waals surface area contributed by atoms with Crippen LogP contribution in [0.3, 0.4) is 0 Å². The van der Waals surface area contributed by atoms with Gasteiger partial charge in [-0.1, -0.05) is 356 Å². The van der Waals surface area contributed by atoms with Crippen molar-refractivity contribution >= 4 is 39.5 Å². The summed E-state index contributed by atoms with van der Waals surface area (Å²) in [6, 6.07) is 0. The molecular weight excluding hydrogens is 1270 g/mol. The van der Waals surface area contributed by atoms with Gasteiger partial charge >= 0.3 is 39.5 Å². The molecule has 0 amide bonds. The Balaban J connectivity index is 5.21. The average Bonchev–Trinajstić information content (AvgIpc) is 1.63. The molecule has 0 aliphatic rings.